The zero-order valence-corrected chi connectivity index (χ0v) is 12.7. The second-order valence-corrected chi connectivity index (χ2v) is 6.78. The summed E-state index contributed by atoms with van der Waals surface area (Å²) in [5.74, 6) is -0.978. The lowest BCUT2D eigenvalue weighted by atomic mass is 10.3. The van der Waals surface area contributed by atoms with E-state index in [0.717, 1.165) is 11.3 Å². The lowest BCUT2D eigenvalue weighted by Gasteiger charge is -2.08. The zero-order chi connectivity index (χ0) is 15.1. The van der Waals surface area contributed by atoms with Crippen molar-refractivity contribution in [3.05, 3.63) is 27.6 Å². The fourth-order valence-corrected chi connectivity index (χ4v) is 4.52. The molecule has 20 heavy (non-hydrogen) atoms. The number of sulfonamides is 1. The Morgan fingerprint density at radius 3 is 2.60 bits per heavy atom. The van der Waals surface area contributed by atoms with Crippen LogP contribution >= 0.6 is 11.3 Å². The number of nitrogens with zero attached hydrogens (tertiary/aromatic N) is 2. The van der Waals surface area contributed by atoms with Gasteiger partial charge in [0.2, 0.25) is 0 Å². The minimum atomic E-state index is -3.97. The van der Waals surface area contributed by atoms with Crippen LogP contribution in [0.15, 0.2) is 16.3 Å². The van der Waals surface area contributed by atoms with Gasteiger partial charge in [0, 0.05) is 13.1 Å². The number of anilines is 1. The van der Waals surface area contributed by atoms with E-state index >= 15 is 0 Å². The van der Waals surface area contributed by atoms with E-state index in [4.69, 9.17) is 5.11 Å². The Balaban J connectivity index is 2.49. The molecule has 0 saturated carbocycles. The molecule has 0 spiro atoms. The highest BCUT2D eigenvalue weighted by atomic mass is 32.2. The molecule has 0 amide bonds. The van der Waals surface area contributed by atoms with E-state index in [0.29, 0.717) is 11.3 Å². The van der Waals surface area contributed by atoms with Crippen LogP contribution in [0.3, 0.4) is 0 Å². The summed E-state index contributed by atoms with van der Waals surface area (Å²) < 4.78 is 28.5. The number of aryl methyl sites for hydroxylation is 3. The van der Waals surface area contributed by atoms with Crippen LogP contribution in [0.2, 0.25) is 0 Å². The maximum atomic E-state index is 12.4. The first kappa shape index (κ1) is 14.5. The molecule has 0 aromatic carbocycles. The smallest absolute Gasteiger partial charge is 0.347 e. The van der Waals surface area contributed by atoms with Crippen molar-refractivity contribution in [1.82, 2.24) is 9.78 Å². The average molecular weight is 315 g/mol. The standard InChI is InChI=1S/C11H13N3O4S2/c1-6-5-19-9(11(15)16)10(6)20(17,18)13-8-4-7(2)12-14(8)3/h4-5,13H,1-3H3,(H,15,16). The van der Waals surface area contributed by atoms with Crippen LogP contribution in [0.25, 0.3) is 0 Å². The Hall–Kier alpha value is -1.87. The molecular formula is C11H13N3O4S2. The number of carbonyl (C=O) groups is 1. The van der Waals surface area contributed by atoms with E-state index in [9.17, 15) is 13.2 Å². The summed E-state index contributed by atoms with van der Waals surface area (Å²) in [4.78, 5) is 10.7. The van der Waals surface area contributed by atoms with Gasteiger partial charge < -0.3 is 5.11 Å². The molecule has 0 unspecified atom stereocenters. The molecule has 7 nitrogen and oxygen atoms in total. The highest BCUT2D eigenvalue weighted by molar-refractivity contribution is 7.93. The summed E-state index contributed by atoms with van der Waals surface area (Å²) in [5, 5.41) is 14.6. The average Bonchev–Trinajstić information content (AvgIpc) is 2.82. The zero-order valence-electron chi connectivity index (χ0n) is 11.0. The van der Waals surface area contributed by atoms with Crippen LogP contribution in [0, 0.1) is 13.8 Å². The Morgan fingerprint density at radius 2 is 2.10 bits per heavy atom. The summed E-state index contributed by atoms with van der Waals surface area (Å²) >= 11 is 0.890. The first-order valence-corrected chi connectivity index (χ1v) is 7.93. The first-order valence-electron chi connectivity index (χ1n) is 5.57. The van der Waals surface area contributed by atoms with Crippen LogP contribution in [-0.2, 0) is 17.1 Å². The molecule has 0 saturated heterocycles. The monoisotopic (exact) mass is 315 g/mol. The Kier molecular flexibility index (Phi) is 3.57. The first-order chi connectivity index (χ1) is 9.22. The lowest BCUT2D eigenvalue weighted by Crippen LogP contribution is -2.18. The van der Waals surface area contributed by atoms with Crippen molar-refractivity contribution < 1.29 is 18.3 Å². The number of carboxylic acid groups (broad SMARTS) is 1. The highest BCUT2D eigenvalue weighted by Crippen LogP contribution is 2.28. The van der Waals surface area contributed by atoms with Gasteiger partial charge >= 0.3 is 5.97 Å². The number of aromatic nitrogens is 2. The Morgan fingerprint density at radius 1 is 1.45 bits per heavy atom. The Labute approximate surface area is 119 Å². The van der Waals surface area contributed by atoms with Crippen molar-refractivity contribution in [2.45, 2.75) is 18.7 Å². The number of carboxylic acids is 1. The molecule has 2 aromatic heterocycles. The molecule has 108 valence electrons. The molecule has 0 bridgehead atoms. The molecule has 2 aromatic rings. The van der Waals surface area contributed by atoms with Crippen molar-refractivity contribution in [2.24, 2.45) is 7.05 Å². The van der Waals surface area contributed by atoms with Gasteiger partial charge in [-0.3, -0.25) is 9.40 Å². The molecule has 0 aliphatic rings. The largest absolute Gasteiger partial charge is 0.477 e. The van der Waals surface area contributed by atoms with E-state index in [1.807, 2.05) is 0 Å². The quantitative estimate of drug-likeness (QED) is 0.892. The SMILES string of the molecule is Cc1cc(NS(=O)(=O)c2c(C)csc2C(=O)O)n(C)n1. The molecule has 0 fully saturated rings. The third kappa shape index (κ3) is 2.54. The van der Waals surface area contributed by atoms with Gasteiger partial charge in [-0.25, -0.2) is 13.2 Å². The highest BCUT2D eigenvalue weighted by Gasteiger charge is 2.27. The van der Waals surface area contributed by atoms with Crippen LogP contribution in [0.4, 0.5) is 5.82 Å². The molecule has 0 aliphatic carbocycles. The van der Waals surface area contributed by atoms with E-state index < -0.39 is 16.0 Å². The van der Waals surface area contributed by atoms with E-state index in [-0.39, 0.29) is 15.6 Å². The molecule has 2 rings (SSSR count). The summed E-state index contributed by atoms with van der Waals surface area (Å²) in [7, 11) is -2.37. The second-order valence-electron chi connectivity index (χ2n) is 4.28. The number of hydrogen-bond acceptors (Lipinski definition) is 5. The topological polar surface area (TPSA) is 101 Å². The van der Waals surface area contributed by atoms with Gasteiger partial charge in [0.15, 0.2) is 0 Å². The van der Waals surface area contributed by atoms with Gasteiger partial charge in [-0.2, -0.15) is 5.10 Å². The minimum absolute atomic E-state index is 0.200. The number of rotatable bonds is 4. The molecular weight excluding hydrogens is 302 g/mol. The van der Waals surface area contributed by atoms with Crippen LogP contribution in [-0.4, -0.2) is 29.3 Å². The van der Waals surface area contributed by atoms with Crippen LogP contribution in [0.5, 0.6) is 0 Å². The van der Waals surface area contributed by atoms with Gasteiger partial charge in [-0.05, 0) is 24.8 Å². The van der Waals surface area contributed by atoms with Crippen LogP contribution < -0.4 is 4.72 Å². The third-order valence-corrected chi connectivity index (χ3v) is 5.38. The summed E-state index contributed by atoms with van der Waals surface area (Å²) in [6.45, 7) is 3.29. The minimum Gasteiger partial charge on any atom is -0.477 e. The number of hydrogen-bond donors (Lipinski definition) is 2. The Bertz CT molecular complexity index is 774. The van der Waals surface area contributed by atoms with Gasteiger partial charge in [0.25, 0.3) is 10.0 Å². The fourth-order valence-electron chi connectivity index (χ4n) is 1.81. The summed E-state index contributed by atoms with van der Waals surface area (Å²) in [6, 6.07) is 1.57. The van der Waals surface area contributed by atoms with E-state index in [1.165, 1.54) is 10.1 Å². The fraction of sp³-hybridized carbons (Fsp3) is 0.273. The summed E-state index contributed by atoms with van der Waals surface area (Å²) in [6.07, 6.45) is 0. The molecule has 9 heteroatoms. The van der Waals surface area contributed by atoms with Gasteiger partial charge in [-0.1, -0.05) is 0 Å². The number of aromatic carboxylic acids is 1. The molecule has 0 aliphatic heterocycles. The van der Waals surface area contributed by atoms with Gasteiger partial charge in [0.05, 0.1) is 5.69 Å². The van der Waals surface area contributed by atoms with Gasteiger partial charge in [-0.15, -0.1) is 11.3 Å². The van der Waals surface area contributed by atoms with Crippen molar-refractivity contribution in [1.29, 1.82) is 0 Å². The third-order valence-electron chi connectivity index (χ3n) is 2.62. The maximum Gasteiger partial charge on any atom is 0.347 e. The van der Waals surface area contributed by atoms with Gasteiger partial charge in [0.1, 0.15) is 15.6 Å². The molecule has 2 N–H and O–H groups in total. The van der Waals surface area contributed by atoms with Crippen molar-refractivity contribution in [3.63, 3.8) is 0 Å². The number of thiophene rings is 1. The van der Waals surface area contributed by atoms with E-state index in [2.05, 4.69) is 9.82 Å². The molecule has 2 heterocycles. The molecule has 0 radical (unpaired) electrons. The normalized spacial score (nSPS) is 11.6. The van der Waals surface area contributed by atoms with E-state index in [1.54, 1.807) is 27.0 Å². The summed E-state index contributed by atoms with van der Waals surface area (Å²) in [5.41, 5.74) is 1.06. The van der Waals surface area contributed by atoms with Crippen molar-refractivity contribution >= 4 is 33.1 Å². The number of nitrogens with one attached hydrogen (secondary N) is 1. The van der Waals surface area contributed by atoms with Crippen molar-refractivity contribution in [3.8, 4) is 0 Å². The predicted octanol–water partition coefficient (Wildman–Crippen LogP) is 1.60. The van der Waals surface area contributed by atoms with Crippen molar-refractivity contribution in [2.75, 3.05) is 4.72 Å². The molecule has 0 atom stereocenters. The second kappa shape index (κ2) is 4.91. The predicted molar refractivity (Wildman–Crippen MR) is 74.8 cm³/mol. The van der Waals surface area contributed by atoms with Crippen LogP contribution in [0.1, 0.15) is 20.9 Å². The lowest BCUT2D eigenvalue weighted by molar-refractivity contribution is 0.0698. The maximum absolute atomic E-state index is 12.4.